The van der Waals surface area contributed by atoms with Crippen molar-refractivity contribution >= 4 is 12.4 Å². The quantitative estimate of drug-likeness (QED) is 0.183. The standard InChI is InChI=1S/C19H30FN5O2/c1-14(24-23-9-3-2-4-10-25(13-21)19(22)26)16-7-8-17(20)18(11-16)27-12-15-5-6-15/h7-8,11,13-15,21,23-24H,2-6,9-10,12H2,1H3,(H2,22,26). The van der Waals surface area contributed by atoms with E-state index in [4.69, 9.17) is 15.9 Å². The fourth-order valence-electron chi connectivity index (χ4n) is 2.61. The first-order valence-electron chi connectivity index (χ1n) is 9.48. The molecule has 2 amide bonds. The highest BCUT2D eigenvalue weighted by Gasteiger charge is 2.22. The predicted octanol–water partition coefficient (Wildman–Crippen LogP) is 2.93. The Kier molecular flexibility index (Phi) is 8.47. The molecule has 0 bridgehead atoms. The molecule has 0 aliphatic heterocycles. The van der Waals surface area contributed by atoms with E-state index in [9.17, 15) is 9.18 Å². The van der Waals surface area contributed by atoms with Crippen molar-refractivity contribution in [1.82, 2.24) is 15.8 Å². The maximum atomic E-state index is 13.9. The first-order valence-corrected chi connectivity index (χ1v) is 9.48. The lowest BCUT2D eigenvalue weighted by Gasteiger charge is -2.17. The molecule has 1 fully saturated rings. The van der Waals surface area contributed by atoms with Crippen LogP contribution < -0.4 is 21.3 Å². The summed E-state index contributed by atoms with van der Waals surface area (Å²) in [5.74, 6) is 0.576. The minimum absolute atomic E-state index is 0.0112. The van der Waals surface area contributed by atoms with Crippen molar-refractivity contribution < 1.29 is 13.9 Å². The van der Waals surface area contributed by atoms with Gasteiger partial charge < -0.3 is 10.5 Å². The number of benzene rings is 1. The van der Waals surface area contributed by atoms with Crippen molar-refractivity contribution in [3.8, 4) is 5.75 Å². The number of halogens is 1. The summed E-state index contributed by atoms with van der Waals surface area (Å²) in [4.78, 5) is 12.2. The average Bonchev–Trinajstić information content (AvgIpc) is 3.47. The van der Waals surface area contributed by atoms with Crippen molar-refractivity contribution in [2.45, 2.75) is 45.1 Å². The third-order valence-corrected chi connectivity index (χ3v) is 4.58. The zero-order valence-corrected chi connectivity index (χ0v) is 15.8. The maximum absolute atomic E-state index is 13.9. The highest BCUT2D eigenvalue weighted by atomic mass is 19.1. The zero-order valence-electron chi connectivity index (χ0n) is 15.8. The Bertz CT molecular complexity index is 624. The normalized spacial score (nSPS) is 14.6. The number of ether oxygens (including phenoxy) is 1. The summed E-state index contributed by atoms with van der Waals surface area (Å²) in [5.41, 5.74) is 12.5. The van der Waals surface area contributed by atoms with Gasteiger partial charge in [0.25, 0.3) is 0 Å². The van der Waals surface area contributed by atoms with E-state index in [1.54, 1.807) is 12.1 Å². The zero-order chi connectivity index (χ0) is 19.6. The van der Waals surface area contributed by atoms with Crippen LogP contribution in [0.25, 0.3) is 0 Å². The van der Waals surface area contributed by atoms with E-state index >= 15 is 0 Å². The molecule has 0 radical (unpaired) electrons. The molecule has 1 aliphatic carbocycles. The van der Waals surface area contributed by atoms with Crippen molar-refractivity contribution in [2.24, 2.45) is 11.7 Å². The minimum Gasteiger partial charge on any atom is -0.490 e. The summed E-state index contributed by atoms with van der Waals surface area (Å²) in [6.45, 7) is 3.81. The van der Waals surface area contributed by atoms with Gasteiger partial charge in [-0.1, -0.05) is 12.5 Å². The fraction of sp³-hybridized carbons (Fsp3) is 0.579. The first kappa shape index (κ1) is 21.1. The molecule has 8 heteroatoms. The van der Waals surface area contributed by atoms with Crippen LogP contribution in [0.1, 0.15) is 50.6 Å². The van der Waals surface area contributed by atoms with Crippen LogP contribution in [0.3, 0.4) is 0 Å². The molecule has 2 rings (SSSR count). The van der Waals surface area contributed by atoms with Crippen molar-refractivity contribution in [3.05, 3.63) is 29.6 Å². The number of unbranched alkanes of at least 4 members (excludes halogenated alkanes) is 2. The summed E-state index contributed by atoms with van der Waals surface area (Å²) >= 11 is 0. The number of rotatable bonds is 13. The Labute approximate surface area is 159 Å². The number of hydrazine groups is 1. The third kappa shape index (κ3) is 7.52. The molecule has 7 nitrogen and oxygen atoms in total. The average molecular weight is 379 g/mol. The number of nitrogens with one attached hydrogen (secondary N) is 3. The number of carbonyl (C=O) groups excluding carboxylic acids is 1. The molecule has 5 N–H and O–H groups in total. The molecule has 1 aromatic carbocycles. The van der Waals surface area contributed by atoms with E-state index in [-0.39, 0.29) is 11.9 Å². The minimum atomic E-state index is -0.599. The summed E-state index contributed by atoms with van der Waals surface area (Å²) in [6.07, 6.45) is 5.92. The first-order chi connectivity index (χ1) is 13.0. The lowest BCUT2D eigenvalue weighted by atomic mass is 10.1. The number of primary amides is 1. The predicted molar refractivity (Wildman–Crippen MR) is 103 cm³/mol. The van der Waals surface area contributed by atoms with Gasteiger partial charge in [0.15, 0.2) is 11.6 Å². The van der Waals surface area contributed by atoms with E-state index < -0.39 is 6.03 Å². The van der Waals surface area contributed by atoms with Gasteiger partial charge in [-0.25, -0.2) is 9.18 Å². The SMILES string of the molecule is CC(NNCCCCCN(C=N)C(N)=O)c1ccc(F)c(OCC2CC2)c1. The van der Waals surface area contributed by atoms with E-state index in [0.717, 1.165) is 37.7 Å². The van der Waals surface area contributed by atoms with Gasteiger partial charge in [0.1, 0.15) is 0 Å². The van der Waals surface area contributed by atoms with E-state index in [2.05, 4.69) is 10.9 Å². The molecular formula is C19H30FN5O2. The summed E-state index contributed by atoms with van der Waals surface area (Å²) in [7, 11) is 0. The number of nitrogens with two attached hydrogens (primary N) is 1. The van der Waals surface area contributed by atoms with Gasteiger partial charge in [0.05, 0.1) is 12.9 Å². The van der Waals surface area contributed by atoms with Crippen LogP contribution in [0, 0.1) is 17.1 Å². The molecule has 0 heterocycles. The van der Waals surface area contributed by atoms with Gasteiger partial charge >= 0.3 is 6.03 Å². The number of nitrogens with zero attached hydrogens (tertiary/aromatic N) is 1. The molecule has 150 valence electrons. The summed E-state index contributed by atoms with van der Waals surface area (Å²) < 4.78 is 19.4. The van der Waals surface area contributed by atoms with Gasteiger partial charge in [-0.15, -0.1) is 0 Å². The lowest BCUT2D eigenvalue weighted by Crippen LogP contribution is -2.35. The van der Waals surface area contributed by atoms with Crippen molar-refractivity contribution in [3.63, 3.8) is 0 Å². The molecule has 1 aliphatic rings. The molecule has 27 heavy (non-hydrogen) atoms. The number of amides is 2. The van der Waals surface area contributed by atoms with E-state index in [0.29, 0.717) is 24.8 Å². The largest absolute Gasteiger partial charge is 0.490 e. The Morgan fingerprint density at radius 2 is 2.22 bits per heavy atom. The van der Waals surface area contributed by atoms with Crippen LogP contribution in [-0.4, -0.2) is 37.0 Å². The molecule has 0 aromatic heterocycles. The fourth-order valence-corrected chi connectivity index (χ4v) is 2.61. The smallest absolute Gasteiger partial charge is 0.319 e. The van der Waals surface area contributed by atoms with Gasteiger partial charge in [0.2, 0.25) is 0 Å². The number of hydrogen-bond acceptors (Lipinski definition) is 5. The summed E-state index contributed by atoms with van der Waals surface area (Å²) in [6, 6.07) is 4.38. The van der Waals surface area contributed by atoms with Crippen LogP contribution in [0.4, 0.5) is 9.18 Å². The van der Waals surface area contributed by atoms with Crippen molar-refractivity contribution in [2.75, 3.05) is 19.7 Å². The highest BCUT2D eigenvalue weighted by Crippen LogP contribution is 2.30. The van der Waals surface area contributed by atoms with E-state index in [1.165, 1.54) is 23.8 Å². The third-order valence-electron chi connectivity index (χ3n) is 4.58. The van der Waals surface area contributed by atoms with Crippen LogP contribution in [-0.2, 0) is 0 Å². The molecule has 0 saturated heterocycles. The Hall–Kier alpha value is -2.19. The molecule has 1 aromatic rings. The molecule has 1 atom stereocenters. The Balaban J connectivity index is 1.63. The molecule has 0 spiro atoms. The van der Waals surface area contributed by atoms with Gasteiger partial charge in [-0.2, -0.15) is 0 Å². The Morgan fingerprint density at radius 3 is 2.89 bits per heavy atom. The van der Waals surface area contributed by atoms with Gasteiger partial charge in [-0.3, -0.25) is 21.2 Å². The monoisotopic (exact) mass is 379 g/mol. The van der Waals surface area contributed by atoms with Crippen LogP contribution >= 0.6 is 0 Å². The second-order valence-corrected chi connectivity index (χ2v) is 6.96. The number of hydrogen-bond donors (Lipinski definition) is 4. The summed E-state index contributed by atoms with van der Waals surface area (Å²) in [5, 5.41) is 7.09. The second kappa shape index (κ2) is 10.8. The molecular weight excluding hydrogens is 349 g/mol. The number of urea groups is 1. The van der Waals surface area contributed by atoms with Crippen LogP contribution in [0.5, 0.6) is 5.75 Å². The molecule has 1 unspecified atom stereocenters. The lowest BCUT2D eigenvalue weighted by molar-refractivity contribution is 0.230. The van der Waals surface area contributed by atoms with Crippen molar-refractivity contribution in [1.29, 1.82) is 5.41 Å². The number of carbonyl (C=O) groups is 1. The van der Waals surface area contributed by atoms with E-state index in [1.807, 2.05) is 6.92 Å². The Morgan fingerprint density at radius 1 is 1.44 bits per heavy atom. The topological polar surface area (TPSA) is 103 Å². The second-order valence-electron chi connectivity index (χ2n) is 6.96. The van der Waals surface area contributed by atoms with Gasteiger partial charge in [0, 0.05) is 19.1 Å². The molecule has 1 saturated carbocycles. The van der Waals surface area contributed by atoms with Gasteiger partial charge in [-0.05, 0) is 56.2 Å². The van der Waals surface area contributed by atoms with Crippen LogP contribution in [0.2, 0.25) is 0 Å². The van der Waals surface area contributed by atoms with Crippen LogP contribution in [0.15, 0.2) is 18.2 Å². The highest BCUT2D eigenvalue weighted by molar-refractivity contribution is 5.83. The maximum Gasteiger partial charge on any atom is 0.319 e.